The standard InChI is InChI=1S/C25H30F5N9O/c26-24(27)9-4-11-38(15-24)12-8-16(13-21-33-36-37-34-21)32-23(40)19-14-20(39(35-19)17-5-1-2-6-17)22-18(25(28,29)30)7-3-10-31-22/h3,7,10,14,16-17H,1-2,4-6,8-9,11-13,15H2,(H,32,40)(H,33,34,36,37). The molecule has 0 spiro atoms. The van der Waals surface area contributed by atoms with E-state index in [4.69, 9.17) is 0 Å². The van der Waals surface area contributed by atoms with Crippen LogP contribution in [0.3, 0.4) is 0 Å². The van der Waals surface area contributed by atoms with Crippen LogP contribution in [-0.4, -0.2) is 77.8 Å². The lowest BCUT2D eigenvalue weighted by atomic mass is 10.0. The average molecular weight is 568 g/mol. The molecule has 0 bridgehead atoms. The highest BCUT2D eigenvalue weighted by atomic mass is 19.4. The van der Waals surface area contributed by atoms with E-state index in [1.54, 1.807) is 4.90 Å². The molecule has 1 unspecified atom stereocenters. The summed E-state index contributed by atoms with van der Waals surface area (Å²) in [6.45, 7) is 0.485. The van der Waals surface area contributed by atoms with Crippen molar-refractivity contribution >= 4 is 5.91 Å². The maximum Gasteiger partial charge on any atom is 0.418 e. The number of nitrogens with zero attached hydrogens (tertiary/aromatic N) is 7. The molecular weight excluding hydrogens is 537 g/mol. The summed E-state index contributed by atoms with van der Waals surface area (Å²) in [5.74, 6) is -3.02. The Kier molecular flexibility index (Phi) is 8.10. The van der Waals surface area contributed by atoms with E-state index in [1.165, 1.54) is 23.0 Å². The molecule has 0 radical (unpaired) electrons. The second-order valence-corrected chi connectivity index (χ2v) is 10.4. The summed E-state index contributed by atoms with van der Waals surface area (Å²) < 4.78 is 70.8. The van der Waals surface area contributed by atoms with Gasteiger partial charge in [0.25, 0.3) is 11.8 Å². The van der Waals surface area contributed by atoms with Gasteiger partial charge in [-0.05, 0) is 50.4 Å². The third-order valence-electron chi connectivity index (χ3n) is 7.41. The fourth-order valence-electron chi connectivity index (χ4n) is 5.50. The summed E-state index contributed by atoms with van der Waals surface area (Å²) in [6.07, 6.45) is 0.639. The van der Waals surface area contributed by atoms with Gasteiger partial charge >= 0.3 is 6.18 Å². The molecule has 1 saturated carbocycles. The molecule has 1 atom stereocenters. The van der Waals surface area contributed by atoms with Crippen LogP contribution in [0.1, 0.15) is 72.9 Å². The van der Waals surface area contributed by atoms with Crippen LogP contribution < -0.4 is 5.32 Å². The molecule has 3 aromatic rings. The summed E-state index contributed by atoms with van der Waals surface area (Å²) in [5, 5.41) is 21.1. The lowest BCUT2D eigenvalue weighted by molar-refractivity contribution is -0.137. The Morgan fingerprint density at radius 2 is 2.02 bits per heavy atom. The molecule has 1 aliphatic heterocycles. The zero-order valence-electron chi connectivity index (χ0n) is 21.7. The maximum absolute atomic E-state index is 13.9. The van der Waals surface area contributed by atoms with Gasteiger partial charge in [0.05, 0.1) is 23.8 Å². The third-order valence-corrected chi connectivity index (χ3v) is 7.41. The Morgan fingerprint density at radius 1 is 1.23 bits per heavy atom. The number of rotatable bonds is 9. The number of carbonyl (C=O) groups is 1. The average Bonchev–Trinajstić information content (AvgIpc) is 3.68. The number of amides is 1. The van der Waals surface area contributed by atoms with Gasteiger partial charge in [-0.3, -0.25) is 19.4 Å². The Hall–Kier alpha value is -3.49. The smallest absolute Gasteiger partial charge is 0.347 e. The van der Waals surface area contributed by atoms with Crippen LogP contribution >= 0.6 is 0 Å². The molecule has 0 aromatic carbocycles. The Bertz CT molecular complexity index is 1290. The first kappa shape index (κ1) is 28.1. The van der Waals surface area contributed by atoms with E-state index in [-0.39, 0.29) is 42.5 Å². The number of carbonyl (C=O) groups excluding carboxylic acids is 1. The van der Waals surface area contributed by atoms with E-state index < -0.39 is 29.6 Å². The van der Waals surface area contributed by atoms with Gasteiger partial charge in [-0.25, -0.2) is 8.78 Å². The summed E-state index contributed by atoms with van der Waals surface area (Å²) in [6, 6.07) is 2.80. The molecule has 1 saturated heterocycles. The number of pyridine rings is 1. The predicted molar refractivity (Wildman–Crippen MR) is 132 cm³/mol. The number of piperidine rings is 1. The number of tetrazole rings is 1. The first-order valence-corrected chi connectivity index (χ1v) is 13.3. The van der Waals surface area contributed by atoms with Gasteiger partial charge in [0.2, 0.25) is 0 Å². The summed E-state index contributed by atoms with van der Waals surface area (Å²) in [7, 11) is 0. The van der Waals surface area contributed by atoms with Crippen LogP contribution in [0.25, 0.3) is 11.4 Å². The van der Waals surface area contributed by atoms with Gasteiger partial charge < -0.3 is 5.32 Å². The molecule has 10 nitrogen and oxygen atoms in total. The van der Waals surface area contributed by atoms with Crippen LogP contribution in [-0.2, 0) is 12.6 Å². The number of nitrogens with one attached hydrogen (secondary N) is 2. The maximum atomic E-state index is 13.9. The predicted octanol–water partition coefficient (Wildman–Crippen LogP) is 4.05. The fraction of sp³-hybridized carbons (Fsp3) is 0.600. The van der Waals surface area contributed by atoms with Crippen LogP contribution in [0.4, 0.5) is 22.0 Å². The number of halogens is 5. The van der Waals surface area contributed by atoms with Crippen molar-refractivity contribution < 1.29 is 26.7 Å². The highest BCUT2D eigenvalue weighted by Crippen LogP contribution is 2.39. The molecule has 5 rings (SSSR count). The molecule has 2 aliphatic rings. The van der Waals surface area contributed by atoms with Crippen molar-refractivity contribution in [1.29, 1.82) is 0 Å². The van der Waals surface area contributed by atoms with Gasteiger partial charge in [-0.15, -0.1) is 10.2 Å². The number of aromatic amines is 1. The van der Waals surface area contributed by atoms with Crippen molar-refractivity contribution in [1.82, 2.24) is 45.6 Å². The highest BCUT2D eigenvalue weighted by Gasteiger charge is 2.37. The number of H-pyrrole nitrogens is 1. The van der Waals surface area contributed by atoms with Crippen molar-refractivity contribution in [3.8, 4) is 11.4 Å². The second-order valence-electron chi connectivity index (χ2n) is 10.4. The zero-order valence-corrected chi connectivity index (χ0v) is 21.7. The van der Waals surface area contributed by atoms with Crippen molar-refractivity contribution in [3.63, 3.8) is 0 Å². The van der Waals surface area contributed by atoms with E-state index in [2.05, 4.69) is 36.0 Å². The number of hydrogen-bond donors (Lipinski definition) is 2. The van der Waals surface area contributed by atoms with E-state index in [0.29, 0.717) is 31.8 Å². The van der Waals surface area contributed by atoms with Gasteiger partial charge in [0.1, 0.15) is 5.69 Å². The molecular formula is C25H30F5N9O. The molecule has 3 aromatic heterocycles. The fourth-order valence-corrected chi connectivity index (χ4v) is 5.50. The Labute approximate surface area is 226 Å². The minimum Gasteiger partial charge on any atom is -0.347 e. The van der Waals surface area contributed by atoms with Gasteiger partial charge in [0.15, 0.2) is 11.5 Å². The quantitative estimate of drug-likeness (QED) is 0.375. The number of aromatic nitrogens is 7. The first-order chi connectivity index (χ1) is 19.1. The first-order valence-electron chi connectivity index (χ1n) is 13.3. The normalized spacial score (nSPS) is 19.1. The van der Waals surface area contributed by atoms with Gasteiger partial charge in [-0.1, -0.05) is 18.1 Å². The molecule has 2 fully saturated rings. The number of alkyl halides is 5. The van der Waals surface area contributed by atoms with Gasteiger partial charge in [0, 0.05) is 31.6 Å². The lowest BCUT2D eigenvalue weighted by Gasteiger charge is -2.33. The van der Waals surface area contributed by atoms with Crippen LogP contribution in [0.2, 0.25) is 0 Å². The molecule has 216 valence electrons. The van der Waals surface area contributed by atoms with Gasteiger partial charge in [-0.2, -0.15) is 23.5 Å². The third kappa shape index (κ3) is 6.62. The van der Waals surface area contributed by atoms with Crippen LogP contribution in [0, 0.1) is 0 Å². The van der Waals surface area contributed by atoms with E-state index >= 15 is 0 Å². The number of likely N-dealkylation sites (tertiary alicyclic amines) is 1. The van der Waals surface area contributed by atoms with E-state index in [1.807, 2.05) is 0 Å². The summed E-state index contributed by atoms with van der Waals surface area (Å²) in [5.41, 5.74) is -1.13. The topological polar surface area (TPSA) is 118 Å². The van der Waals surface area contributed by atoms with Crippen molar-refractivity contribution in [3.05, 3.63) is 41.5 Å². The van der Waals surface area contributed by atoms with Crippen LogP contribution in [0.5, 0.6) is 0 Å². The Balaban J connectivity index is 1.39. The van der Waals surface area contributed by atoms with E-state index in [9.17, 15) is 26.7 Å². The number of hydrogen-bond acceptors (Lipinski definition) is 7. The lowest BCUT2D eigenvalue weighted by Crippen LogP contribution is -2.45. The second kappa shape index (κ2) is 11.6. The molecule has 4 heterocycles. The molecule has 2 N–H and O–H groups in total. The molecule has 40 heavy (non-hydrogen) atoms. The molecule has 1 aliphatic carbocycles. The largest absolute Gasteiger partial charge is 0.418 e. The zero-order chi connectivity index (χ0) is 28.3. The Morgan fingerprint density at radius 3 is 2.73 bits per heavy atom. The minimum absolute atomic E-state index is 0.0525. The van der Waals surface area contributed by atoms with Crippen molar-refractivity contribution in [2.75, 3.05) is 19.6 Å². The highest BCUT2D eigenvalue weighted by molar-refractivity contribution is 5.93. The van der Waals surface area contributed by atoms with Crippen LogP contribution in [0.15, 0.2) is 24.4 Å². The SMILES string of the molecule is O=C(NC(CCN1CCCC(F)(F)C1)Cc1nn[nH]n1)c1cc(-c2ncccc2C(F)(F)F)n(C2CCCC2)n1. The minimum atomic E-state index is -4.64. The van der Waals surface area contributed by atoms with E-state index in [0.717, 1.165) is 31.7 Å². The summed E-state index contributed by atoms with van der Waals surface area (Å²) >= 11 is 0. The molecule has 15 heteroatoms. The summed E-state index contributed by atoms with van der Waals surface area (Å²) in [4.78, 5) is 19.1. The van der Waals surface area contributed by atoms with Crippen molar-refractivity contribution in [2.45, 2.75) is 75.5 Å². The monoisotopic (exact) mass is 567 g/mol. The molecule has 1 amide bonds. The van der Waals surface area contributed by atoms with Crippen molar-refractivity contribution in [2.24, 2.45) is 0 Å².